The molecule has 1 atom stereocenters. The average molecular weight is 253 g/mol. The van der Waals surface area contributed by atoms with E-state index in [0.29, 0.717) is 18.8 Å². The van der Waals surface area contributed by atoms with Crippen LogP contribution in [-0.4, -0.2) is 23.5 Å². The Hall–Kier alpha value is -1.06. The first-order valence-electron chi connectivity index (χ1n) is 7.08. The van der Waals surface area contributed by atoms with E-state index in [4.69, 9.17) is 5.11 Å². The lowest BCUT2D eigenvalue weighted by Gasteiger charge is -2.25. The molecule has 2 aliphatic carbocycles. The summed E-state index contributed by atoms with van der Waals surface area (Å²) in [7, 11) is 0. The van der Waals surface area contributed by atoms with Crippen molar-refractivity contribution in [3.63, 3.8) is 0 Å². The summed E-state index contributed by atoms with van der Waals surface area (Å²) in [5, 5.41) is 11.9. The monoisotopic (exact) mass is 253 g/mol. The summed E-state index contributed by atoms with van der Waals surface area (Å²) >= 11 is 0. The van der Waals surface area contributed by atoms with Gasteiger partial charge >= 0.3 is 5.97 Å². The molecule has 4 heteroatoms. The van der Waals surface area contributed by atoms with Gasteiger partial charge in [0.05, 0.1) is 5.92 Å². The van der Waals surface area contributed by atoms with E-state index in [1.165, 1.54) is 12.8 Å². The van der Waals surface area contributed by atoms with E-state index in [9.17, 15) is 9.59 Å². The van der Waals surface area contributed by atoms with Crippen molar-refractivity contribution in [2.24, 2.45) is 23.7 Å². The zero-order chi connectivity index (χ0) is 13.1. The van der Waals surface area contributed by atoms with Crippen molar-refractivity contribution in [3.8, 4) is 0 Å². The van der Waals surface area contributed by atoms with Crippen LogP contribution in [0.2, 0.25) is 0 Å². The second kappa shape index (κ2) is 5.72. The maximum absolute atomic E-state index is 12.0. The predicted octanol–water partition coefficient (Wildman–Crippen LogP) is 2.04. The SMILES string of the molecule is CC(CNC(=O)C1CCC(C(=O)O)CC1)C1CC1. The highest BCUT2D eigenvalue weighted by atomic mass is 16.4. The smallest absolute Gasteiger partial charge is 0.306 e. The summed E-state index contributed by atoms with van der Waals surface area (Å²) in [6.45, 7) is 2.97. The largest absolute Gasteiger partial charge is 0.481 e. The van der Waals surface area contributed by atoms with Crippen molar-refractivity contribution in [3.05, 3.63) is 0 Å². The van der Waals surface area contributed by atoms with Crippen LogP contribution >= 0.6 is 0 Å². The minimum absolute atomic E-state index is 0.0343. The van der Waals surface area contributed by atoms with Gasteiger partial charge < -0.3 is 10.4 Å². The zero-order valence-corrected chi connectivity index (χ0v) is 11.0. The van der Waals surface area contributed by atoms with Crippen molar-refractivity contribution in [1.82, 2.24) is 5.32 Å². The third-order valence-electron chi connectivity index (χ3n) is 4.47. The fraction of sp³-hybridized carbons (Fsp3) is 0.857. The van der Waals surface area contributed by atoms with Crippen LogP contribution in [0.25, 0.3) is 0 Å². The normalized spacial score (nSPS) is 29.6. The summed E-state index contributed by atoms with van der Waals surface area (Å²) in [6, 6.07) is 0. The molecule has 4 nitrogen and oxygen atoms in total. The zero-order valence-electron chi connectivity index (χ0n) is 11.0. The molecule has 1 amide bonds. The third kappa shape index (κ3) is 3.47. The van der Waals surface area contributed by atoms with E-state index in [1.54, 1.807) is 0 Å². The molecule has 0 heterocycles. The van der Waals surface area contributed by atoms with Crippen molar-refractivity contribution in [1.29, 1.82) is 0 Å². The van der Waals surface area contributed by atoms with Gasteiger partial charge in [0.15, 0.2) is 0 Å². The fourth-order valence-corrected chi connectivity index (χ4v) is 2.84. The number of carbonyl (C=O) groups excluding carboxylic acids is 1. The highest BCUT2D eigenvalue weighted by molar-refractivity contribution is 5.79. The predicted molar refractivity (Wildman–Crippen MR) is 68.0 cm³/mol. The molecule has 0 aromatic carbocycles. The second-order valence-corrected chi connectivity index (χ2v) is 5.95. The molecule has 1 unspecified atom stereocenters. The molecular formula is C14H23NO3. The first-order valence-corrected chi connectivity index (χ1v) is 7.08. The molecule has 0 saturated heterocycles. The average Bonchev–Trinajstić information content (AvgIpc) is 3.20. The van der Waals surface area contributed by atoms with Gasteiger partial charge in [0.2, 0.25) is 5.91 Å². The summed E-state index contributed by atoms with van der Waals surface area (Å²) < 4.78 is 0. The van der Waals surface area contributed by atoms with Gasteiger partial charge in [0.1, 0.15) is 0 Å². The van der Waals surface area contributed by atoms with Crippen molar-refractivity contribution in [2.75, 3.05) is 6.54 Å². The second-order valence-electron chi connectivity index (χ2n) is 5.95. The number of carboxylic acid groups (broad SMARTS) is 1. The van der Waals surface area contributed by atoms with Crippen LogP contribution in [0.5, 0.6) is 0 Å². The van der Waals surface area contributed by atoms with Crippen molar-refractivity contribution >= 4 is 11.9 Å². The molecule has 102 valence electrons. The van der Waals surface area contributed by atoms with Gasteiger partial charge in [-0.3, -0.25) is 9.59 Å². The number of nitrogens with one attached hydrogen (secondary N) is 1. The molecule has 0 radical (unpaired) electrons. The van der Waals surface area contributed by atoms with Gasteiger partial charge in [-0.2, -0.15) is 0 Å². The number of carboxylic acids is 1. The van der Waals surface area contributed by atoms with Gasteiger partial charge in [0.25, 0.3) is 0 Å². The first-order chi connectivity index (χ1) is 8.58. The summed E-state index contributed by atoms with van der Waals surface area (Å²) in [5.41, 5.74) is 0. The minimum atomic E-state index is -0.712. The summed E-state index contributed by atoms with van der Waals surface area (Å²) in [6.07, 6.45) is 5.35. The molecule has 2 fully saturated rings. The highest BCUT2D eigenvalue weighted by Gasteiger charge is 2.31. The van der Waals surface area contributed by atoms with E-state index < -0.39 is 5.97 Å². The van der Waals surface area contributed by atoms with E-state index >= 15 is 0 Å². The van der Waals surface area contributed by atoms with Crippen LogP contribution in [0.4, 0.5) is 0 Å². The molecule has 18 heavy (non-hydrogen) atoms. The van der Waals surface area contributed by atoms with Crippen molar-refractivity contribution < 1.29 is 14.7 Å². The molecule has 2 saturated carbocycles. The number of hydrogen-bond acceptors (Lipinski definition) is 2. The van der Waals surface area contributed by atoms with Crippen LogP contribution in [0.15, 0.2) is 0 Å². The molecule has 0 aromatic rings. The Morgan fingerprint density at radius 3 is 2.17 bits per heavy atom. The lowest BCUT2D eigenvalue weighted by Crippen LogP contribution is -2.36. The van der Waals surface area contributed by atoms with Crippen LogP contribution in [0.1, 0.15) is 45.4 Å². The van der Waals surface area contributed by atoms with Crippen LogP contribution in [0.3, 0.4) is 0 Å². The van der Waals surface area contributed by atoms with Gasteiger partial charge in [-0.15, -0.1) is 0 Å². The lowest BCUT2D eigenvalue weighted by molar-refractivity contribution is -0.144. The number of carbonyl (C=O) groups is 2. The lowest BCUT2D eigenvalue weighted by atomic mass is 9.81. The molecule has 2 aliphatic rings. The Kier molecular flexibility index (Phi) is 4.25. The van der Waals surface area contributed by atoms with Gasteiger partial charge in [-0.1, -0.05) is 6.92 Å². The molecule has 2 rings (SSSR count). The van der Waals surface area contributed by atoms with E-state index in [0.717, 1.165) is 25.3 Å². The number of amides is 1. The van der Waals surface area contributed by atoms with E-state index in [2.05, 4.69) is 12.2 Å². The maximum atomic E-state index is 12.0. The number of aliphatic carboxylic acids is 1. The Morgan fingerprint density at radius 2 is 1.67 bits per heavy atom. The Balaban J connectivity index is 1.68. The molecule has 0 aliphatic heterocycles. The van der Waals surface area contributed by atoms with Crippen LogP contribution < -0.4 is 5.32 Å². The first kappa shape index (κ1) is 13.4. The van der Waals surface area contributed by atoms with Gasteiger partial charge in [-0.25, -0.2) is 0 Å². The summed E-state index contributed by atoms with van der Waals surface area (Å²) in [5.74, 6) is 0.617. The fourth-order valence-electron chi connectivity index (χ4n) is 2.84. The van der Waals surface area contributed by atoms with E-state index in [-0.39, 0.29) is 17.7 Å². The van der Waals surface area contributed by atoms with Crippen molar-refractivity contribution in [2.45, 2.75) is 45.4 Å². The quantitative estimate of drug-likeness (QED) is 0.788. The maximum Gasteiger partial charge on any atom is 0.306 e. The van der Waals surface area contributed by atoms with Gasteiger partial charge in [0, 0.05) is 12.5 Å². The van der Waals surface area contributed by atoms with E-state index in [1.807, 2.05) is 0 Å². The minimum Gasteiger partial charge on any atom is -0.481 e. The summed E-state index contributed by atoms with van der Waals surface area (Å²) in [4.78, 5) is 22.8. The molecule has 0 bridgehead atoms. The molecule has 0 aromatic heterocycles. The highest BCUT2D eigenvalue weighted by Crippen LogP contribution is 2.36. The van der Waals surface area contributed by atoms with Gasteiger partial charge in [-0.05, 0) is 50.4 Å². The third-order valence-corrected chi connectivity index (χ3v) is 4.47. The molecule has 0 spiro atoms. The Labute approximate surface area is 108 Å². The topological polar surface area (TPSA) is 66.4 Å². The molecule has 2 N–H and O–H groups in total. The molecular weight excluding hydrogens is 230 g/mol. The van der Waals surface area contributed by atoms with Crippen LogP contribution in [0, 0.1) is 23.7 Å². The van der Waals surface area contributed by atoms with Crippen LogP contribution in [-0.2, 0) is 9.59 Å². The Morgan fingerprint density at radius 1 is 1.11 bits per heavy atom. The number of hydrogen-bond donors (Lipinski definition) is 2. The Bertz CT molecular complexity index is 317. The number of rotatable bonds is 5. The standard InChI is InChI=1S/C14H23NO3/c1-9(10-2-3-10)8-15-13(16)11-4-6-12(7-5-11)14(17)18/h9-12H,2-8H2,1H3,(H,15,16)(H,17,18).